The number of rotatable bonds is 1. The molecule has 0 radical (unpaired) electrons. The fourth-order valence-electron chi connectivity index (χ4n) is 2.35. The number of fused-ring (bicyclic) bond motifs is 3. The molecule has 0 bridgehead atoms. The summed E-state index contributed by atoms with van der Waals surface area (Å²) in [5, 5.41) is 2.52. The zero-order chi connectivity index (χ0) is 15.6. The highest BCUT2D eigenvalue weighted by atomic mass is 35.7. The van der Waals surface area contributed by atoms with Crippen molar-refractivity contribution in [1.29, 1.82) is 0 Å². The van der Waals surface area contributed by atoms with E-state index in [0.717, 1.165) is 18.0 Å². The summed E-state index contributed by atoms with van der Waals surface area (Å²) in [6, 6.07) is 12.6. The zero-order valence-electron chi connectivity index (χ0n) is 11.5. The minimum atomic E-state index is -4.94. The lowest BCUT2D eigenvalue weighted by atomic mass is 10.1. The van der Waals surface area contributed by atoms with E-state index in [1.165, 1.54) is 16.3 Å². The van der Waals surface area contributed by atoms with E-state index < -0.39 is 10.2 Å². The molecule has 0 atom stereocenters. The van der Waals surface area contributed by atoms with Gasteiger partial charge in [-0.1, -0.05) is 24.3 Å². The highest BCUT2D eigenvalue weighted by Gasteiger charge is 2.19. The Hall–Kier alpha value is -1.70. The lowest BCUT2D eigenvalue weighted by molar-refractivity contribution is -2.00. The maximum atomic E-state index is 8.49. The van der Waals surface area contributed by atoms with Gasteiger partial charge in [-0.05, 0) is 24.4 Å². The molecule has 0 aliphatic rings. The summed E-state index contributed by atoms with van der Waals surface area (Å²) >= 11 is 0. The summed E-state index contributed by atoms with van der Waals surface area (Å²) in [4.78, 5) is 0. The van der Waals surface area contributed by atoms with E-state index in [-0.39, 0.29) is 0 Å². The second kappa shape index (κ2) is 5.97. The molecule has 6 nitrogen and oxygen atoms in total. The van der Waals surface area contributed by atoms with Crippen molar-refractivity contribution >= 4 is 21.9 Å². The quantitative estimate of drug-likeness (QED) is 0.505. The topological polar surface area (TPSA) is 109 Å². The predicted molar refractivity (Wildman–Crippen MR) is 64.3 cm³/mol. The molecule has 112 valence electrons. The molecular weight excluding hydrogens is 298 g/mol. The van der Waals surface area contributed by atoms with Gasteiger partial charge in [0.05, 0.1) is 12.3 Å². The van der Waals surface area contributed by atoms with Gasteiger partial charge in [-0.3, -0.25) is 0 Å². The number of aromatic nitrogens is 1. The predicted octanol–water partition coefficient (Wildman–Crippen LogP) is -1.55. The summed E-state index contributed by atoms with van der Waals surface area (Å²) in [6.07, 6.45) is 0. The average molecular weight is 312 g/mol. The number of oxazole rings is 1. The van der Waals surface area contributed by atoms with Crippen molar-refractivity contribution in [2.45, 2.75) is 20.4 Å². The van der Waals surface area contributed by atoms with Crippen LogP contribution in [-0.2, 0) is 6.54 Å². The molecule has 7 heteroatoms. The van der Waals surface area contributed by atoms with Crippen molar-refractivity contribution in [3.8, 4) is 0 Å². The standard InChI is InChI=1S/C14H14NO.ClHO4/c1-3-15-10(2)16-13-9-8-11-6-4-5-7-12(11)14(13)15;2-1(3,4)5/h4-9H,3H2,1-2H3;(H,2,3,4,5)/q+1;/p-1. The minimum absolute atomic E-state index is 0.937. The van der Waals surface area contributed by atoms with E-state index in [1.807, 2.05) is 6.92 Å². The Morgan fingerprint density at radius 2 is 1.67 bits per heavy atom. The van der Waals surface area contributed by atoms with Gasteiger partial charge in [-0.2, -0.15) is 4.57 Å². The summed E-state index contributed by atoms with van der Waals surface area (Å²) in [6.45, 7) is 5.09. The Labute approximate surface area is 123 Å². The fraction of sp³-hybridized carbons (Fsp3) is 0.214. The van der Waals surface area contributed by atoms with Crippen molar-refractivity contribution in [3.05, 3.63) is 42.3 Å². The zero-order valence-corrected chi connectivity index (χ0v) is 12.3. The SMILES string of the molecule is CC[n+]1c(C)oc2ccc3ccccc3c21.[O-][Cl+3]([O-])([O-])[O-]. The second-order valence-electron chi connectivity index (χ2n) is 4.38. The number of hydrogen-bond donors (Lipinski definition) is 0. The lowest BCUT2D eigenvalue weighted by Crippen LogP contribution is -2.68. The molecule has 0 fully saturated rings. The maximum absolute atomic E-state index is 8.49. The van der Waals surface area contributed by atoms with Crippen LogP contribution in [0, 0.1) is 17.2 Å². The fourth-order valence-corrected chi connectivity index (χ4v) is 2.35. The van der Waals surface area contributed by atoms with Crippen molar-refractivity contribution in [3.63, 3.8) is 0 Å². The molecule has 3 aromatic rings. The number of aryl methyl sites for hydroxylation is 2. The van der Waals surface area contributed by atoms with E-state index in [9.17, 15) is 0 Å². The van der Waals surface area contributed by atoms with Crippen LogP contribution < -0.4 is 23.2 Å². The number of benzene rings is 2. The normalized spacial score (nSPS) is 11.5. The first-order valence-electron chi connectivity index (χ1n) is 6.23. The summed E-state index contributed by atoms with van der Waals surface area (Å²) in [5.41, 5.74) is 2.18. The van der Waals surface area contributed by atoms with Crippen LogP contribution in [-0.4, -0.2) is 0 Å². The van der Waals surface area contributed by atoms with Gasteiger partial charge < -0.3 is 4.42 Å². The van der Waals surface area contributed by atoms with Crippen LogP contribution in [0.5, 0.6) is 0 Å². The van der Waals surface area contributed by atoms with E-state index in [2.05, 4.69) is 47.9 Å². The van der Waals surface area contributed by atoms with Crippen molar-refractivity contribution in [2.24, 2.45) is 0 Å². The third-order valence-electron chi connectivity index (χ3n) is 3.09. The molecule has 0 aliphatic heterocycles. The van der Waals surface area contributed by atoms with Crippen LogP contribution in [0.3, 0.4) is 0 Å². The van der Waals surface area contributed by atoms with Crippen LogP contribution in [0.1, 0.15) is 12.8 Å². The third-order valence-corrected chi connectivity index (χ3v) is 3.09. The van der Waals surface area contributed by atoms with E-state index >= 15 is 0 Å². The second-order valence-corrected chi connectivity index (χ2v) is 5.13. The Kier molecular flexibility index (Phi) is 4.46. The smallest absolute Gasteiger partial charge is 0.344 e. The highest BCUT2D eigenvalue weighted by Crippen LogP contribution is 2.24. The van der Waals surface area contributed by atoms with Crippen LogP contribution in [0.25, 0.3) is 21.9 Å². The largest absolute Gasteiger partial charge is 0.402 e. The van der Waals surface area contributed by atoms with Crippen LogP contribution in [0.4, 0.5) is 0 Å². The monoisotopic (exact) mass is 311 g/mol. The van der Waals surface area contributed by atoms with Crippen LogP contribution in [0.2, 0.25) is 0 Å². The van der Waals surface area contributed by atoms with Gasteiger partial charge in [-0.15, -0.1) is 10.2 Å². The van der Waals surface area contributed by atoms with E-state index in [0.29, 0.717) is 0 Å². The number of halogens is 1. The molecule has 1 heterocycles. The van der Waals surface area contributed by atoms with Gasteiger partial charge in [-0.25, -0.2) is 18.6 Å². The first kappa shape index (κ1) is 15.7. The Bertz CT molecular complexity index is 757. The molecule has 3 rings (SSSR count). The number of hydrogen-bond acceptors (Lipinski definition) is 5. The molecule has 0 saturated carbocycles. The Morgan fingerprint density at radius 3 is 2.29 bits per heavy atom. The molecule has 0 aliphatic carbocycles. The molecule has 0 spiro atoms. The van der Waals surface area contributed by atoms with Crippen LogP contribution in [0.15, 0.2) is 40.8 Å². The molecule has 0 saturated heterocycles. The first-order chi connectivity index (χ1) is 9.81. The summed E-state index contributed by atoms with van der Waals surface area (Å²) < 4.78 is 42.0. The number of nitrogens with zero attached hydrogens (tertiary/aromatic N) is 1. The molecule has 21 heavy (non-hydrogen) atoms. The van der Waals surface area contributed by atoms with Gasteiger partial charge in [0.2, 0.25) is 5.58 Å². The van der Waals surface area contributed by atoms with E-state index in [1.54, 1.807) is 0 Å². The molecule has 2 aromatic carbocycles. The molecule has 0 N–H and O–H groups in total. The van der Waals surface area contributed by atoms with Gasteiger partial charge in [0.15, 0.2) is 0 Å². The van der Waals surface area contributed by atoms with Gasteiger partial charge in [0.25, 0.3) is 5.52 Å². The van der Waals surface area contributed by atoms with Crippen molar-refractivity contribution < 1.29 is 37.9 Å². The van der Waals surface area contributed by atoms with Crippen molar-refractivity contribution in [2.75, 3.05) is 0 Å². The Morgan fingerprint density at radius 1 is 1.05 bits per heavy atom. The molecule has 1 aromatic heterocycles. The lowest BCUT2D eigenvalue weighted by Gasteiger charge is -2.17. The van der Waals surface area contributed by atoms with Crippen molar-refractivity contribution in [1.82, 2.24) is 0 Å². The summed E-state index contributed by atoms with van der Waals surface area (Å²) in [7, 11) is -4.94. The molecular formula is C14H14ClNO5. The third kappa shape index (κ3) is 3.69. The van der Waals surface area contributed by atoms with E-state index in [4.69, 9.17) is 23.1 Å². The first-order valence-corrected chi connectivity index (χ1v) is 7.47. The minimum Gasteiger partial charge on any atom is -0.402 e. The molecule has 0 amide bonds. The van der Waals surface area contributed by atoms with Gasteiger partial charge >= 0.3 is 5.89 Å². The van der Waals surface area contributed by atoms with Crippen LogP contribution >= 0.6 is 0 Å². The Balaban J connectivity index is 0.000000282. The van der Waals surface area contributed by atoms with Gasteiger partial charge in [0, 0.05) is 0 Å². The maximum Gasteiger partial charge on any atom is 0.344 e. The average Bonchev–Trinajstić information content (AvgIpc) is 2.72. The molecule has 0 unspecified atom stereocenters. The van der Waals surface area contributed by atoms with Gasteiger partial charge in [0.1, 0.15) is 6.54 Å². The summed E-state index contributed by atoms with van der Waals surface area (Å²) in [5.74, 6) is 0.967. The highest BCUT2D eigenvalue weighted by molar-refractivity contribution is 6.01.